The first kappa shape index (κ1) is 15.5. The van der Waals surface area contributed by atoms with E-state index in [-0.39, 0.29) is 17.9 Å². The Hall–Kier alpha value is -1.92. The van der Waals surface area contributed by atoms with Gasteiger partial charge in [-0.25, -0.2) is 4.79 Å². The van der Waals surface area contributed by atoms with E-state index in [2.05, 4.69) is 10.6 Å². The Balaban J connectivity index is 1.82. The van der Waals surface area contributed by atoms with Crippen LogP contribution < -0.4 is 10.6 Å². The van der Waals surface area contributed by atoms with Crippen molar-refractivity contribution in [3.63, 3.8) is 0 Å². The van der Waals surface area contributed by atoms with Gasteiger partial charge in [-0.15, -0.1) is 0 Å². The molecule has 6 heteroatoms. The lowest BCUT2D eigenvalue weighted by atomic mass is 10.1. The fraction of sp³-hybridized carbons (Fsp3) is 0.467. The highest BCUT2D eigenvalue weighted by Gasteiger charge is 2.32. The number of amides is 2. The van der Waals surface area contributed by atoms with Crippen LogP contribution in [0.4, 0.5) is 10.5 Å². The van der Waals surface area contributed by atoms with E-state index in [1.807, 2.05) is 13.8 Å². The average molecular weight is 292 g/mol. The van der Waals surface area contributed by atoms with Gasteiger partial charge in [-0.3, -0.25) is 4.79 Å². The van der Waals surface area contributed by atoms with E-state index in [4.69, 9.17) is 9.47 Å². The first-order chi connectivity index (χ1) is 9.85. The number of hydrogen-bond donors (Lipinski definition) is 2. The van der Waals surface area contributed by atoms with Gasteiger partial charge in [-0.05, 0) is 32.9 Å². The number of rotatable bonds is 4. The molecular weight excluding hydrogens is 272 g/mol. The predicted molar refractivity (Wildman–Crippen MR) is 78.4 cm³/mol. The largest absolute Gasteiger partial charge is 0.348 e. The molecule has 1 heterocycles. The van der Waals surface area contributed by atoms with Crippen molar-refractivity contribution in [2.45, 2.75) is 32.7 Å². The summed E-state index contributed by atoms with van der Waals surface area (Å²) in [6.07, 6.45) is -0.158. The van der Waals surface area contributed by atoms with E-state index in [9.17, 15) is 9.59 Å². The van der Waals surface area contributed by atoms with E-state index in [1.165, 1.54) is 6.92 Å². The molecule has 1 aromatic carbocycles. The maximum absolute atomic E-state index is 11.8. The number of nitrogens with one attached hydrogen (secondary N) is 2. The molecule has 1 unspecified atom stereocenters. The van der Waals surface area contributed by atoms with Crippen molar-refractivity contribution in [2.75, 3.05) is 18.5 Å². The summed E-state index contributed by atoms with van der Waals surface area (Å²) in [5.74, 6) is -0.642. The van der Waals surface area contributed by atoms with Gasteiger partial charge in [-0.1, -0.05) is 12.1 Å². The summed E-state index contributed by atoms with van der Waals surface area (Å²) in [6, 6.07) is 6.45. The van der Waals surface area contributed by atoms with Gasteiger partial charge in [0.25, 0.3) is 0 Å². The van der Waals surface area contributed by atoms with Gasteiger partial charge in [0.1, 0.15) is 6.10 Å². The molecule has 2 N–H and O–H groups in total. The normalized spacial score (nSPS) is 20.0. The lowest BCUT2D eigenvalue weighted by Crippen LogP contribution is -2.37. The number of Topliss-reactive ketones (excluding diaryl/α,β-unsaturated/α-hetero) is 1. The Morgan fingerprint density at radius 3 is 2.76 bits per heavy atom. The lowest BCUT2D eigenvalue weighted by Gasteiger charge is -2.17. The van der Waals surface area contributed by atoms with Crippen LogP contribution >= 0.6 is 0 Å². The Labute approximate surface area is 123 Å². The molecule has 2 amide bonds. The van der Waals surface area contributed by atoms with E-state index in [0.29, 0.717) is 24.4 Å². The number of ketones is 1. The molecule has 0 spiro atoms. The van der Waals surface area contributed by atoms with Gasteiger partial charge in [-0.2, -0.15) is 0 Å². The number of benzene rings is 1. The Bertz CT molecular complexity index is 542. The molecule has 1 aliphatic rings. The number of hydrogen-bond acceptors (Lipinski definition) is 4. The molecule has 0 saturated carbocycles. The summed E-state index contributed by atoms with van der Waals surface area (Å²) < 4.78 is 11.0. The minimum absolute atomic E-state index is 0.0437. The number of carbonyl (C=O) groups excluding carboxylic acids is 2. The molecule has 1 atom stereocenters. The third-order valence-electron chi connectivity index (χ3n) is 3.08. The number of carbonyl (C=O) groups is 2. The first-order valence-corrected chi connectivity index (χ1v) is 6.83. The summed E-state index contributed by atoms with van der Waals surface area (Å²) >= 11 is 0. The van der Waals surface area contributed by atoms with Crippen LogP contribution in [0.3, 0.4) is 0 Å². The van der Waals surface area contributed by atoms with Crippen LogP contribution in [-0.4, -0.2) is 36.9 Å². The minimum Gasteiger partial charge on any atom is -0.348 e. The second-order valence-corrected chi connectivity index (χ2v) is 5.42. The summed E-state index contributed by atoms with van der Waals surface area (Å²) in [5.41, 5.74) is 1.13. The Morgan fingerprint density at radius 2 is 2.14 bits per heavy atom. The second kappa shape index (κ2) is 6.24. The standard InChI is InChI=1S/C15H20N2O4/c1-10(18)11-5-4-6-12(7-11)17-14(19)16-8-13-9-20-15(2,3)21-13/h4-7,13H,8-9H2,1-3H3,(H2,16,17,19). The summed E-state index contributed by atoms with van der Waals surface area (Å²) in [6.45, 7) is 5.97. The van der Waals surface area contributed by atoms with Gasteiger partial charge in [0.15, 0.2) is 11.6 Å². The minimum atomic E-state index is -0.599. The molecule has 114 valence electrons. The molecule has 0 radical (unpaired) electrons. The van der Waals surface area contributed by atoms with Crippen LogP contribution in [0.2, 0.25) is 0 Å². The lowest BCUT2D eigenvalue weighted by molar-refractivity contribution is -0.137. The highest BCUT2D eigenvalue weighted by molar-refractivity contribution is 5.96. The van der Waals surface area contributed by atoms with Crippen molar-refractivity contribution < 1.29 is 19.1 Å². The van der Waals surface area contributed by atoms with Crippen molar-refractivity contribution in [2.24, 2.45) is 0 Å². The zero-order valence-electron chi connectivity index (χ0n) is 12.4. The second-order valence-electron chi connectivity index (χ2n) is 5.42. The molecule has 0 bridgehead atoms. The van der Waals surface area contributed by atoms with Crippen LogP contribution in [0.15, 0.2) is 24.3 Å². The van der Waals surface area contributed by atoms with Crippen LogP contribution in [0.25, 0.3) is 0 Å². The topological polar surface area (TPSA) is 76.7 Å². The Morgan fingerprint density at radius 1 is 1.38 bits per heavy atom. The van der Waals surface area contributed by atoms with Crippen molar-refractivity contribution in [1.29, 1.82) is 0 Å². The van der Waals surface area contributed by atoms with Crippen molar-refractivity contribution >= 4 is 17.5 Å². The monoisotopic (exact) mass is 292 g/mol. The SMILES string of the molecule is CC(=O)c1cccc(NC(=O)NCC2COC(C)(C)O2)c1. The molecule has 0 aliphatic carbocycles. The van der Waals surface area contributed by atoms with Crippen LogP contribution in [0, 0.1) is 0 Å². The van der Waals surface area contributed by atoms with Gasteiger partial charge >= 0.3 is 6.03 Å². The van der Waals surface area contributed by atoms with Crippen LogP contribution in [-0.2, 0) is 9.47 Å². The summed E-state index contributed by atoms with van der Waals surface area (Å²) in [4.78, 5) is 23.1. The fourth-order valence-corrected chi connectivity index (χ4v) is 2.06. The number of urea groups is 1. The highest BCUT2D eigenvalue weighted by atomic mass is 16.7. The molecule has 2 rings (SSSR count). The summed E-state index contributed by atoms with van der Waals surface area (Å²) in [7, 11) is 0. The van der Waals surface area contributed by atoms with Crippen molar-refractivity contribution in [1.82, 2.24) is 5.32 Å². The van der Waals surface area contributed by atoms with E-state index in [1.54, 1.807) is 24.3 Å². The molecule has 21 heavy (non-hydrogen) atoms. The van der Waals surface area contributed by atoms with E-state index in [0.717, 1.165) is 0 Å². The number of anilines is 1. The third kappa shape index (κ3) is 4.54. The smallest absolute Gasteiger partial charge is 0.319 e. The van der Waals surface area contributed by atoms with Crippen molar-refractivity contribution in [3.8, 4) is 0 Å². The van der Waals surface area contributed by atoms with Crippen LogP contribution in [0.5, 0.6) is 0 Å². The maximum atomic E-state index is 11.8. The molecule has 1 saturated heterocycles. The zero-order chi connectivity index (χ0) is 15.5. The predicted octanol–water partition coefficient (Wildman–Crippen LogP) is 2.16. The molecule has 1 aliphatic heterocycles. The molecule has 6 nitrogen and oxygen atoms in total. The first-order valence-electron chi connectivity index (χ1n) is 6.83. The Kier molecular flexibility index (Phi) is 4.59. The maximum Gasteiger partial charge on any atom is 0.319 e. The third-order valence-corrected chi connectivity index (χ3v) is 3.08. The quantitative estimate of drug-likeness (QED) is 0.834. The highest BCUT2D eigenvalue weighted by Crippen LogP contribution is 2.21. The van der Waals surface area contributed by atoms with Gasteiger partial charge in [0.05, 0.1) is 6.61 Å². The molecular formula is C15H20N2O4. The number of ether oxygens (including phenoxy) is 2. The molecule has 1 aromatic rings. The molecule has 1 fully saturated rings. The van der Waals surface area contributed by atoms with E-state index < -0.39 is 5.79 Å². The van der Waals surface area contributed by atoms with Gasteiger partial charge in [0.2, 0.25) is 0 Å². The zero-order valence-corrected chi connectivity index (χ0v) is 12.4. The van der Waals surface area contributed by atoms with Crippen molar-refractivity contribution in [3.05, 3.63) is 29.8 Å². The van der Waals surface area contributed by atoms with Crippen LogP contribution in [0.1, 0.15) is 31.1 Å². The van der Waals surface area contributed by atoms with Gasteiger partial charge < -0.3 is 20.1 Å². The molecule has 0 aromatic heterocycles. The fourth-order valence-electron chi connectivity index (χ4n) is 2.06. The van der Waals surface area contributed by atoms with E-state index >= 15 is 0 Å². The van der Waals surface area contributed by atoms with Gasteiger partial charge in [0, 0.05) is 17.8 Å². The summed E-state index contributed by atoms with van der Waals surface area (Å²) in [5, 5.41) is 5.40. The average Bonchev–Trinajstić information content (AvgIpc) is 2.76.